The quantitative estimate of drug-likeness (QED) is 0.0474. The van der Waals surface area contributed by atoms with Gasteiger partial charge in [0.2, 0.25) is 0 Å². The van der Waals surface area contributed by atoms with Crippen LogP contribution in [0.4, 0.5) is 0 Å². The molecule has 0 bridgehead atoms. The van der Waals surface area contributed by atoms with Gasteiger partial charge in [-0.25, -0.2) is 0 Å². The molecule has 0 saturated carbocycles. The third-order valence-corrected chi connectivity index (χ3v) is 18.0. The molecule has 0 radical (unpaired) electrons. The fourth-order valence-corrected chi connectivity index (χ4v) is 14.9. The van der Waals surface area contributed by atoms with Crippen LogP contribution in [0.3, 0.4) is 0 Å². The van der Waals surface area contributed by atoms with Gasteiger partial charge in [-0.3, -0.25) is 0 Å². The molecule has 2 heteroatoms. The molecule has 0 aliphatic heterocycles. The van der Waals surface area contributed by atoms with Crippen LogP contribution in [0.15, 0.2) is 121 Å². The van der Waals surface area contributed by atoms with Gasteiger partial charge in [0.15, 0.2) is 0 Å². The molecule has 50 heavy (non-hydrogen) atoms. The van der Waals surface area contributed by atoms with Crippen LogP contribution in [0.5, 0.6) is 0 Å². The number of benzene rings is 4. The molecule has 0 amide bonds. The topological polar surface area (TPSA) is 0 Å². The SMILES string of the molecule is CCCCCCCCP(CCCCCCCC)CCCCCCCC.c1ccc([PH](c2ccccc2)(c2ccccc2)c2ccccc2)cc1. The molecule has 0 aliphatic rings. The molecule has 4 aromatic carbocycles. The van der Waals surface area contributed by atoms with Crippen LogP contribution in [0, 0.1) is 0 Å². The fraction of sp³-hybridized carbons (Fsp3) is 0.500. The first-order chi connectivity index (χ1) is 24.8. The monoisotopic (exact) mass is 711 g/mol. The molecular weight excluding hydrogens is 638 g/mol. The van der Waals surface area contributed by atoms with Crippen LogP contribution >= 0.6 is 15.2 Å². The van der Waals surface area contributed by atoms with Crippen molar-refractivity contribution in [3.05, 3.63) is 121 Å². The first-order valence-electron chi connectivity index (χ1n) is 20.7. The van der Waals surface area contributed by atoms with Gasteiger partial charge in [-0.15, -0.1) is 7.92 Å². The van der Waals surface area contributed by atoms with Crippen molar-refractivity contribution in [3.63, 3.8) is 0 Å². The Balaban J connectivity index is 0.000000270. The standard InChI is InChI=1S/C24H21P.C24H51P/c1-5-13-21(14-6-1)25(22-15-7-2-8-16-22,23-17-9-3-10-18-23)24-19-11-4-12-20-24;1-4-7-10-13-16-19-22-25(23-20-17-14-11-8-5-2)24-21-18-15-12-9-6-3/h1-20,25H;4-24H2,1-3H3. The number of rotatable bonds is 25. The molecule has 274 valence electrons. The van der Waals surface area contributed by atoms with Gasteiger partial charge in [0.05, 0.1) is 0 Å². The Morgan fingerprint density at radius 2 is 0.520 bits per heavy atom. The average molecular weight is 711 g/mol. The molecule has 0 unspecified atom stereocenters. The summed E-state index contributed by atoms with van der Waals surface area (Å²) in [6.07, 6.45) is 31.2. The molecule has 0 aromatic heterocycles. The van der Waals surface area contributed by atoms with Crippen molar-refractivity contribution in [1.82, 2.24) is 0 Å². The van der Waals surface area contributed by atoms with Gasteiger partial charge in [0.25, 0.3) is 0 Å². The van der Waals surface area contributed by atoms with Gasteiger partial charge in [0.1, 0.15) is 0 Å². The van der Waals surface area contributed by atoms with E-state index in [-0.39, 0.29) is 0 Å². The Labute approximate surface area is 311 Å². The van der Waals surface area contributed by atoms with E-state index in [4.69, 9.17) is 0 Å². The third kappa shape index (κ3) is 15.1. The van der Waals surface area contributed by atoms with E-state index >= 15 is 0 Å². The van der Waals surface area contributed by atoms with Crippen molar-refractivity contribution >= 4 is 36.4 Å². The van der Waals surface area contributed by atoms with Gasteiger partial charge in [-0.2, -0.15) is 0 Å². The summed E-state index contributed by atoms with van der Waals surface area (Å²) in [5, 5.41) is 5.66. The molecule has 0 heterocycles. The van der Waals surface area contributed by atoms with Crippen molar-refractivity contribution in [2.75, 3.05) is 18.5 Å². The van der Waals surface area contributed by atoms with Crippen LogP contribution in [-0.2, 0) is 0 Å². The first-order valence-corrected chi connectivity index (χ1v) is 24.6. The number of hydrogen-bond donors (Lipinski definition) is 0. The first kappa shape index (κ1) is 42.2. The second kappa shape index (κ2) is 27.4. The Morgan fingerprint density at radius 1 is 0.300 bits per heavy atom. The van der Waals surface area contributed by atoms with Gasteiger partial charge < -0.3 is 0 Å². The predicted octanol–water partition coefficient (Wildman–Crippen LogP) is 13.6. The van der Waals surface area contributed by atoms with Crippen LogP contribution in [0.2, 0.25) is 0 Å². The summed E-state index contributed by atoms with van der Waals surface area (Å²) in [6.45, 7) is 6.96. The van der Waals surface area contributed by atoms with Crippen molar-refractivity contribution < 1.29 is 0 Å². The van der Waals surface area contributed by atoms with E-state index in [1.54, 1.807) is 18.5 Å². The molecule has 0 spiro atoms. The minimum atomic E-state index is -2.30. The van der Waals surface area contributed by atoms with Gasteiger partial charge in [-0.05, 0) is 37.7 Å². The van der Waals surface area contributed by atoms with Crippen molar-refractivity contribution in [2.45, 2.75) is 136 Å². The molecule has 0 nitrogen and oxygen atoms in total. The van der Waals surface area contributed by atoms with Gasteiger partial charge in [-0.1, -0.05) is 117 Å². The molecule has 0 N–H and O–H groups in total. The van der Waals surface area contributed by atoms with Crippen molar-refractivity contribution in [2.24, 2.45) is 0 Å². The Hall–Kier alpha value is -2.26. The van der Waals surface area contributed by atoms with Crippen LogP contribution in [-0.4, -0.2) is 18.5 Å². The van der Waals surface area contributed by atoms with E-state index in [1.807, 2.05) is 0 Å². The van der Waals surface area contributed by atoms with Gasteiger partial charge >= 0.3 is 150 Å². The van der Waals surface area contributed by atoms with E-state index in [2.05, 4.69) is 142 Å². The molecule has 0 saturated heterocycles. The summed E-state index contributed by atoms with van der Waals surface area (Å²) in [5.74, 6) is 0. The number of unbranched alkanes of at least 4 members (excludes halogenated alkanes) is 15. The zero-order valence-corrected chi connectivity index (χ0v) is 34.2. The summed E-state index contributed by atoms with van der Waals surface area (Å²) in [5.41, 5.74) is 0. The van der Waals surface area contributed by atoms with Gasteiger partial charge in [0, 0.05) is 0 Å². The molecular formula is C48H72P2. The zero-order valence-electron chi connectivity index (χ0n) is 32.3. The normalized spacial score (nSPS) is 11.7. The Kier molecular flexibility index (Phi) is 23.1. The van der Waals surface area contributed by atoms with Crippen LogP contribution < -0.4 is 21.2 Å². The minimum absolute atomic E-state index is 0.366. The molecule has 4 aromatic rings. The van der Waals surface area contributed by atoms with E-state index in [0.29, 0.717) is 7.92 Å². The fourth-order valence-electron chi connectivity index (χ4n) is 7.44. The zero-order chi connectivity index (χ0) is 35.4. The summed E-state index contributed by atoms with van der Waals surface area (Å²) in [7, 11) is -1.93. The van der Waals surface area contributed by atoms with Crippen LogP contribution in [0.1, 0.15) is 136 Å². The molecule has 0 fully saturated rings. The van der Waals surface area contributed by atoms with E-state index in [0.717, 1.165) is 0 Å². The van der Waals surface area contributed by atoms with Crippen LogP contribution in [0.25, 0.3) is 0 Å². The summed E-state index contributed by atoms with van der Waals surface area (Å²) in [6, 6.07) is 44.0. The van der Waals surface area contributed by atoms with Crippen molar-refractivity contribution in [1.29, 1.82) is 0 Å². The van der Waals surface area contributed by atoms with E-state index in [9.17, 15) is 0 Å². The maximum atomic E-state index is 2.32. The Morgan fingerprint density at radius 3 is 0.760 bits per heavy atom. The second-order valence-electron chi connectivity index (χ2n) is 14.4. The number of hydrogen-bond acceptors (Lipinski definition) is 0. The third-order valence-electron chi connectivity index (χ3n) is 10.3. The molecule has 4 rings (SSSR count). The van der Waals surface area contributed by atoms with Crippen molar-refractivity contribution in [3.8, 4) is 0 Å². The Bertz CT molecular complexity index is 1100. The summed E-state index contributed by atoms with van der Waals surface area (Å²) >= 11 is 0. The maximum absolute atomic E-state index is 2.32. The van der Waals surface area contributed by atoms with E-state index in [1.165, 1.54) is 137 Å². The average Bonchev–Trinajstić information content (AvgIpc) is 3.18. The predicted molar refractivity (Wildman–Crippen MR) is 234 cm³/mol. The molecule has 0 atom stereocenters. The second-order valence-corrected chi connectivity index (χ2v) is 20.9. The molecule has 0 aliphatic carbocycles. The van der Waals surface area contributed by atoms with E-state index < -0.39 is 7.26 Å². The summed E-state index contributed by atoms with van der Waals surface area (Å²) < 4.78 is 0. The summed E-state index contributed by atoms with van der Waals surface area (Å²) in [4.78, 5) is 0.